The Hall–Kier alpha value is -2.96. The number of imide groups is 2. The number of amides is 4. The molecule has 4 amide bonds. The van der Waals surface area contributed by atoms with Crippen LogP contribution in [0.2, 0.25) is 0 Å². The zero-order valence-electron chi connectivity index (χ0n) is 13.5. The van der Waals surface area contributed by atoms with Crippen molar-refractivity contribution >= 4 is 34.5 Å². The van der Waals surface area contributed by atoms with Gasteiger partial charge >= 0.3 is 6.03 Å². The maximum atomic E-state index is 12.1. The fourth-order valence-corrected chi connectivity index (χ4v) is 2.82. The first-order chi connectivity index (χ1) is 11.5. The summed E-state index contributed by atoms with van der Waals surface area (Å²) in [4.78, 5) is 43.9. The Labute approximate surface area is 138 Å². The number of para-hydroxylation sites is 1. The smallest absolute Gasteiger partial charge is 0.330 e. The Morgan fingerprint density at radius 3 is 2.79 bits per heavy atom. The minimum atomic E-state index is -1.03. The van der Waals surface area contributed by atoms with E-state index in [0.29, 0.717) is 18.7 Å². The maximum Gasteiger partial charge on any atom is 0.330 e. The Morgan fingerprint density at radius 2 is 2.00 bits per heavy atom. The van der Waals surface area contributed by atoms with E-state index >= 15 is 0 Å². The number of carbonyl (C=O) groups excluding carboxylic acids is 3. The molecule has 2 aromatic rings. The maximum absolute atomic E-state index is 12.1. The number of fused-ring (bicyclic) bond motifs is 1. The number of benzene rings is 1. The van der Waals surface area contributed by atoms with Gasteiger partial charge in [-0.05, 0) is 25.0 Å². The first kappa shape index (κ1) is 15.9. The normalized spacial score (nSPS) is 19.1. The Bertz CT molecular complexity index is 852. The van der Waals surface area contributed by atoms with Crippen molar-refractivity contribution < 1.29 is 14.4 Å². The SMILES string of the molecule is CC(=NCCc1c[nH]c2ccccc12)C1C(=O)NC(=O)N(C)C1=O. The van der Waals surface area contributed by atoms with Crippen molar-refractivity contribution in [2.24, 2.45) is 10.9 Å². The van der Waals surface area contributed by atoms with Gasteiger partial charge in [-0.1, -0.05) is 18.2 Å². The number of rotatable bonds is 4. The largest absolute Gasteiger partial charge is 0.361 e. The minimum absolute atomic E-state index is 0.414. The van der Waals surface area contributed by atoms with E-state index in [2.05, 4.69) is 15.3 Å². The van der Waals surface area contributed by atoms with Gasteiger partial charge in [0.1, 0.15) is 0 Å². The topological polar surface area (TPSA) is 94.6 Å². The lowest BCUT2D eigenvalue weighted by molar-refractivity contribution is -0.138. The molecule has 1 aliphatic rings. The van der Waals surface area contributed by atoms with Crippen LogP contribution in [0.4, 0.5) is 4.79 Å². The van der Waals surface area contributed by atoms with Crippen LogP contribution in [-0.4, -0.2) is 47.0 Å². The van der Waals surface area contributed by atoms with Gasteiger partial charge in [-0.15, -0.1) is 0 Å². The van der Waals surface area contributed by atoms with Gasteiger partial charge < -0.3 is 4.98 Å². The van der Waals surface area contributed by atoms with Crippen LogP contribution in [0.25, 0.3) is 10.9 Å². The lowest BCUT2D eigenvalue weighted by Crippen LogP contribution is -2.58. The van der Waals surface area contributed by atoms with Crippen molar-refractivity contribution in [3.05, 3.63) is 36.0 Å². The average molecular weight is 326 g/mol. The summed E-state index contributed by atoms with van der Waals surface area (Å²) in [5.74, 6) is -2.19. The average Bonchev–Trinajstić information content (AvgIpc) is 2.96. The number of barbiturate groups is 1. The van der Waals surface area contributed by atoms with E-state index in [1.807, 2.05) is 30.5 Å². The molecule has 0 aliphatic carbocycles. The molecular formula is C17H18N4O3. The minimum Gasteiger partial charge on any atom is -0.361 e. The van der Waals surface area contributed by atoms with Crippen LogP contribution in [0.1, 0.15) is 12.5 Å². The monoisotopic (exact) mass is 326 g/mol. The molecule has 1 unspecified atom stereocenters. The van der Waals surface area contributed by atoms with E-state index in [1.165, 1.54) is 7.05 Å². The summed E-state index contributed by atoms with van der Waals surface area (Å²) in [6, 6.07) is 7.29. The number of nitrogens with one attached hydrogen (secondary N) is 2. The first-order valence-corrected chi connectivity index (χ1v) is 7.67. The molecule has 24 heavy (non-hydrogen) atoms. The standard InChI is InChI=1S/C17H18N4O3/c1-10(14-15(22)20-17(24)21(2)16(14)23)18-8-7-11-9-19-13-6-4-3-5-12(11)13/h3-6,9,14,19H,7-8H2,1-2H3,(H,20,22,24). The third-order valence-electron chi connectivity index (χ3n) is 4.21. The van der Waals surface area contributed by atoms with Crippen molar-refractivity contribution in [3.8, 4) is 0 Å². The number of hydrogen-bond acceptors (Lipinski definition) is 4. The quantitative estimate of drug-likeness (QED) is 0.658. The first-order valence-electron chi connectivity index (χ1n) is 7.67. The molecule has 0 bridgehead atoms. The summed E-state index contributed by atoms with van der Waals surface area (Å²) in [5, 5.41) is 3.30. The van der Waals surface area contributed by atoms with E-state index in [4.69, 9.17) is 0 Å². The van der Waals surface area contributed by atoms with Crippen molar-refractivity contribution in [1.29, 1.82) is 0 Å². The molecule has 1 fully saturated rings. The van der Waals surface area contributed by atoms with E-state index in [9.17, 15) is 14.4 Å². The summed E-state index contributed by atoms with van der Waals surface area (Å²) >= 11 is 0. The molecule has 1 aliphatic heterocycles. The van der Waals surface area contributed by atoms with Crippen LogP contribution in [-0.2, 0) is 16.0 Å². The van der Waals surface area contributed by atoms with Crippen LogP contribution in [0.3, 0.4) is 0 Å². The third kappa shape index (κ3) is 2.80. The van der Waals surface area contributed by atoms with Gasteiger partial charge in [0.2, 0.25) is 11.8 Å². The van der Waals surface area contributed by atoms with Crippen LogP contribution >= 0.6 is 0 Å². The third-order valence-corrected chi connectivity index (χ3v) is 4.21. The van der Waals surface area contributed by atoms with Gasteiger partial charge in [0, 0.05) is 36.4 Å². The zero-order valence-corrected chi connectivity index (χ0v) is 13.5. The Balaban J connectivity index is 1.71. The summed E-state index contributed by atoms with van der Waals surface area (Å²) < 4.78 is 0. The second kappa shape index (κ2) is 6.27. The predicted molar refractivity (Wildman–Crippen MR) is 89.8 cm³/mol. The van der Waals surface area contributed by atoms with Crippen LogP contribution in [0.5, 0.6) is 0 Å². The predicted octanol–water partition coefficient (Wildman–Crippen LogP) is 1.50. The summed E-state index contributed by atoms with van der Waals surface area (Å²) in [6.45, 7) is 2.10. The number of aromatic nitrogens is 1. The molecule has 0 spiro atoms. The number of carbonyl (C=O) groups is 3. The van der Waals surface area contributed by atoms with Gasteiger partial charge in [-0.25, -0.2) is 4.79 Å². The molecule has 1 saturated heterocycles. The van der Waals surface area contributed by atoms with Gasteiger partial charge in [0.25, 0.3) is 0 Å². The highest BCUT2D eigenvalue weighted by Gasteiger charge is 2.40. The Kier molecular flexibility index (Phi) is 4.16. The summed E-state index contributed by atoms with van der Waals surface area (Å²) in [7, 11) is 1.34. The number of H-pyrrole nitrogens is 1. The van der Waals surface area contributed by atoms with Crippen molar-refractivity contribution in [2.75, 3.05) is 13.6 Å². The number of urea groups is 1. The second-order valence-corrected chi connectivity index (χ2v) is 5.76. The number of hydrogen-bond donors (Lipinski definition) is 2. The van der Waals surface area contributed by atoms with E-state index in [1.54, 1.807) is 6.92 Å². The molecular weight excluding hydrogens is 308 g/mol. The van der Waals surface area contributed by atoms with E-state index in [0.717, 1.165) is 21.4 Å². The van der Waals surface area contributed by atoms with Gasteiger partial charge in [0.05, 0.1) is 0 Å². The van der Waals surface area contributed by atoms with Gasteiger partial charge in [0.15, 0.2) is 5.92 Å². The molecule has 2 heterocycles. The van der Waals surface area contributed by atoms with E-state index in [-0.39, 0.29) is 0 Å². The fourth-order valence-electron chi connectivity index (χ4n) is 2.82. The van der Waals surface area contributed by atoms with Crippen LogP contribution in [0, 0.1) is 5.92 Å². The van der Waals surface area contributed by atoms with Crippen molar-refractivity contribution in [1.82, 2.24) is 15.2 Å². The van der Waals surface area contributed by atoms with Crippen LogP contribution < -0.4 is 5.32 Å². The lowest BCUT2D eigenvalue weighted by Gasteiger charge is -2.27. The van der Waals surface area contributed by atoms with Gasteiger partial charge in [-0.3, -0.25) is 24.8 Å². The molecule has 3 rings (SSSR count). The second-order valence-electron chi connectivity index (χ2n) is 5.76. The molecule has 1 aromatic heterocycles. The number of aromatic amines is 1. The molecule has 1 atom stereocenters. The fraction of sp³-hybridized carbons (Fsp3) is 0.294. The van der Waals surface area contributed by atoms with Gasteiger partial charge in [-0.2, -0.15) is 0 Å². The highest BCUT2D eigenvalue weighted by molar-refractivity contribution is 6.27. The molecule has 2 N–H and O–H groups in total. The van der Waals surface area contributed by atoms with Crippen LogP contribution in [0.15, 0.2) is 35.5 Å². The number of aliphatic imine (C=N–C) groups is 1. The number of nitrogens with zero attached hydrogens (tertiary/aromatic N) is 2. The zero-order chi connectivity index (χ0) is 17.3. The van der Waals surface area contributed by atoms with Crippen molar-refractivity contribution in [3.63, 3.8) is 0 Å². The van der Waals surface area contributed by atoms with E-state index < -0.39 is 23.8 Å². The molecule has 7 nitrogen and oxygen atoms in total. The molecule has 7 heteroatoms. The molecule has 0 saturated carbocycles. The summed E-state index contributed by atoms with van der Waals surface area (Å²) in [5.41, 5.74) is 2.61. The highest BCUT2D eigenvalue weighted by Crippen LogP contribution is 2.18. The molecule has 124 valence electrons. The highest BCUT2D eigenvalue weighted by atomic mass is 16.2. The van der Waals surface area contributed by atoms with Crippen molar-refractivity contribution in [2.45, 2.75) is 13.3 Å². The lowest BCUT2D eigenvalue weighted by atomic mass is 10.00. The Morgan fingerprint density at radius 1 is 1.25 bits per heavy atom. The molecule has 1 aromatic carbocycles. The summed E-state index contributed by atoms with van der Waals surface area (Å²) in [6.07, 6.45) is 2.64. The molecule has 0 radical (unpaired) electrons.